The van der Waals surface area contributed by atoms with E-state index in [1.807, 2.05) is 6.07 Å². The zero-order chi connectivity index (χ0) is 15.0. The molecule has 4 N–H and O–H groups in total. The van der Waals surface area contributed by atoms with Crippen molar-refractivity contribution >= 4 is 11.7 Å². The Hall–Kier alpha value is -1.62. The number of aromatic nitrogens is 1. The maximum absolute atomic E-state index is 11.9. The van der Waals surface area contributed by atoms with Crippen LogP contribution in [0.15, 0.2) is 6.07 Å². The van der Waals surface area contributed by atoms with Gasteiger partial charge in [-0.25, -0.2) is 4.98 Å². The fourth-order valence-corrected chi connectivity index (χ4v) is 3.55. The van der Waals surface area contributed by atoms with Crippen LogP contribution >= 0.6 is 0 Å². The van der Waals surface area contributed by atoms with Crippen LogP contribution in [0.2, 0.25) is 0 Å². The highest BCUT2D eigenvalue weighted by atomic mass is 16.1. The van der Waals surface area contributed by atoms with Crippen molar-refractivity contribution in [2.24, 2.45) is 11.5 Å². The molecule has 0 aromatic carbocycles. The zero-order valence-corrected chi connectivity index (χ0v) is 12.6. The Morgan fingerprint density at radius 3 is 2.86 bits per heavy atom. The minimum absolute atomic E-state index is 0.242. The van der Waals surface area contributed by atoms with Crippen molar-refractivity contribution in [1.29, 1.82) is 0 Å². The number of rotatable bonds is 2. The van der Waals surface area contributed by atoms with Crippen molar-refractivity contribution < 1.29 is 4.79 Å². The maximum atomic E-state index is 11.9. The number of amides is 1. The molecule has 1 aliphatic heterocycles. The van der Waals surface area contributed by atoms with Gasteiger partial charge in [0.05, 0.1) is 5.56 Å². The molecule has 0 radical (unpaired) electrons. The number of carbonyl (C=O) groups excluding carboxylic acids is 1. The number of hydrogen-bond donors (Lipinski definition) is 2. The summed E-state index contributed by atoms with van der Waals surface area (Å²) in [6.07, 6.45) is 6.21. The predicted molar refractivity (Wildman–Crippen MR) is 83.4 cm³/mol. The van der Waals surface area contributed by atoms with Gasteiger partial charge in [0.2, 0.25) is 0 Å². The average Bonchev–Trinajstić information content (AvgIpc) is 2.46. The molecule has 1 fully saturated rings. The van der Waals surface area contributed by atoms with Crippen molar-refractivity contribution in [3.05, 3.63) is 22.9 Å². The summed E-state index contributed by atoms with van der Waals surface area (Å²) in [5, 5.41) is 0. The number of hydrogen-bond acceptors (Lipinski definition) is 4. The van der Waals surface area contributed by atoms with Gasteiger partial charge in [0.25, 0.3) is 5.91 Å². The van der Waals surface area contributed by atoms with Crippen LogP contribution in [0.3, 0.4) is 0 Å². The van der Waals surface area contributed by atoms with Gasteiger partial charge in [-0.15, -0.1) is 0 Å². The predicted octanol–water partition coefficient (Wildman–Crippen LogP) is 1.38. The molecule has 1 saturated heterocycles. The van der Waals surface area contributed by atoms with Crippen LogP contribution in [0.4, 0.5) is 5.82 Å². The first-order valence-corrected chi connectivity index (χ1v) is 7.91. The van der Waals surface area contributed by atoms with E-state index in [9.17, 15) is 4.79 Å². The van der Waals surface area contributed by atoms with E-state index in [-0.39, 0.29) is 11.9 Å². The van der Waals surface area contributed by atoms with Gasteiger partial charge in [-0.05, 0) is 57.1 Å². The first kappa shape index (κ1) is 14.3. The second-order valence-corrected chi connectivity index (χ2v) is 6.36. The summed E-state index contributed by atoms with van der Waals surface area (Å²) in [4.78, 5) is 18.9. The molecule has 0 bridgehead atoms. The minimum atomic E-state index is -0.382. The van der Waals surface area contributed by atoms with Crippen LogP contribution in [0.1, 0.15) is 54.2 Å². The second kappa shape index (κ2) is 5.64. The van der Waals surface area contributed by atoms with Crippen LogP contribution in [0, 0.1) is 0 Å². The Morgan fingerprint density at radius 1 is 1.38 bits per heavy atom. The van der Waals surface area contributed by atoms with Gasteiger partial charge in [-0.3, -0.25) is 4.79 Å². The summed E-state index contributed by atoms with van der Waals surface area (Å²) in [5.41, 5.74) is 14.5. The highest BCUT2D eigenvalue weighted by Crippen LogP contribution is 2.30. The highest BCUT2D eigenvalue weighted by Gasteiger charge is 2.28. The third-order valence-corrected chi connectivity index (χ3v) is 4.73. The summed E-state index contributed by atoms with van der Waals surface area (Å²) in [6, 6.07) is 2.51. The Labute approximate surface area is 125 Å². The third kappa shape index (κ3) is 2.75. The molecule has 114 valence electrons. The van der Waals surface area contributed by atoms with Crippen LogP contribution in [0.25, 0.3) is 0 Å². The lowest BCUT2D eigenvalue weighted by atomic mass is 9.93. The largest absolute Gasteiger partial charge is 0.365 e. The fraction of sp³-hybridized carbons (Fsp3) is 0.625. The van der Waals surface area contributed by atoms with E-state index < -0.39 is 0 Å². The van der Waals surface area contributed by atoms with Gasteiger partial charge >= 0.3 is 0 Å². The fourth-order valence-electron chi connectivity index (χ4n) is 3.55. The molecular formula is C16H24N4O. The lowest BCUT2D eigenvalue weighted by Crippen LogP contribution is -2.46. The van der Waals surface area contributed by atoms with E-state index >= 15 is 0 Å². The standard InChI is InChI=1S/C16H24N4O/c1-10-8-12(17)6-7-20(10)16-13(15(18)21)9-11-4-2-3-5-14(11)19-16/h9-10,12H,2-8,17H2,1H3,(H2,18,21). The quantitative estimate of drug-likeness (QED) is 0.861. The summed E-state index contributed by atoms with van der Waals surface area (Å²) in [5.74, 6) is 0.385. The van der Waals surface area contributed by atoms with Gasteiger partial charge in [-0.1, -0.05) is 0 Å². The number of piperidine rings is 1. The summed E-state index contributed by atoms with van der Waals surface area (Å²) in [6.45, 7) is 2.99. The van der Waals surface area contributed by atoms with Crippen LogP contribution < -0.4 is 16.4 Å². The van der Waals surface area contributed by atoms with Crippen molar-refractivity contribution in [3.8, 4) is 0 Å². The average molecular weight is 288 g/mol. The molecule has 2 atom stereocenters. The molecule has 1 aromatic heterocycles. The molecule has 21 heavy (non-hydrogen) atoms. The lowest BCUT2D eigenvalue weighted by molar-refractivity contribution is 0.1000. The number of aryl methyl sites for hydroxylation is 2. The molecule has 2 aliphatic rings. The summed E-state index contributed by atoms with van der Waals surface area (Å²) >= 11 is 0. The number of nitrogens with two attached hydrogens (primary N) is 2. The number of fused-ring (bicyclic) bond motifs is 1. The molecule has 1 amide bonds. The zero-order valence-electron chi connectivity index (χ0n) is 12.6. The Morgan fingerprint density at radius 2 is 2.14 bits per heavy atom. The number of anilines is 1. The lowest BCUT2D eigenvalue weighted by Gasteiger charge is -2.38. The number of primary amides is 1. The van der Waals surface area contributed by atoms with E-state index in [0.717, 1.165) is 43.7 Å². The molecule has 2 heterocycles. The van der Waals surface area contributed by atoms with Crippen molar-refractivity contribution in [3.63, 3.8) is 0 Å². The van der Waals surface area contributed by atoms with Gasteiger partial charge < -0.3 is 16.4 Å². The SMILES string of the molecule is CC1CC(N)CCN1c1nc2c(cc1C(N)=O)CCCC2. The second-order valence-electron chi connectivity index (χ2n) is 6.36. The first-order valence-electron chi connectivity index (χ1n) is 7.91. The van der Waals surface area contributed by atoms with Gasteiger partial charge in [0.15, 0.2) is 0 Å². The highest BCUT2D eigenvalue weighted by molar-refractivity contribution is 5.98. The smallest absolute Gasteiger partial charge is 0.252 e. The van der Waals surface area contributed by atoms with Crippen LogP contribution in [-0.4, -0.2) is 29.5 Å². The van der Waals surface area contributed by atoms with Crippen LogP contribution in [-0.2, 0) is 12.8 Å². The first-order chi connectivity index (χ1) is 10.1. The molecule has 1 aromatic rings. The molecule has 2 unspecified atom stereocenters. The topological polar surface area (TPSA) is 85.2 Å². The molecule has 0 saturated carbocycles. The van der Waals surface area contributed by atoms with Gasteiger partial charge in [-0.2, -0.15) is 0 Å². The molecular weight excluding hydrogens is 264 g/mol. The third-order valence-electron chi connectivity index (χ3n) is 4.73. The Bertz CT molecular complexity index is 557. The number of pyridine rings is 1. The number of carbonyl (C=O) groups is 1. The van der Waals surface area contributed by atoms with E-state index in [0.29, 0.717) is 11.6 Å². The van der Waals surface area contributed by atoms with E-state index in [2.05, 4.69) is 11.8 Å². The molecule has 3 rings (SSSR count). The molecule has 0 spiro atoms. The number of nitrogens with zero attached hydrogens (tertiary/aromatic N) is 2. The van der Waals surface area contributed by atoms with Gasteiger partial charge in [0.1, 0.15) is 5.82 Å². The van der Waals surface area contributed by atoms with Crippen molar-refractivity contribution in [2.75, 3.05) is 11.4 Å². The van der Waals surface area contributed by atoms with Crippen LogP contribution in [0.5, 0.6) is 0 Å². The monoisotopic (exact) mass is 288 g/mol. The minimum Gasteiger partial charge on any atom is -0.365 e. The normalized spacial score (nSPS) is 25.5. The molecule has 5 heteroatoms. The molecule has 5 nitrogen and oxygen atoms in total. The maximum Gasteiger partial charge on any atom is 0.252 e. The molecule has 1 aliphatic carbocycles. The van der Waals surface area contributed by atoms with Gasteiger partial charge in [0, 0.05) is 24.3 Å². The van der Waals surface area contributed by atoms with E-state index in [4.69, 9.17) is 16.5 Å². The summed E-state index contributed by atoms with van der Waals surface area (Å²) in [7, 11) is 0. The Balaban J connectivity index is 2.01. The van der Waals surface area contributed by atoms with Crippen molar-refractivity contribution in [2.45, 2.75) is 57.5 Å². The Kier molecular flexibility index (Phi) is 3.85. The van der Waals surface area contributed by atoms with E-state index in [1.54, 1.807) is 0 Å². The van der Waals surface area contributed by atoms with E-state index in [1.165, 1.54) is 18.4 Å². The van der Waals surface area contributed by atoms with Crippen molar-refractivity contribution in [1.82, 2.24) is 4.98 Å². The summed E-state index contributed by atoms with van der Waals surface area (Å²) < 4.78 is 0.